The van der Waals surface area contributed by atoms with E-state index in [1.807, 2.05) is 4.98 Å². The molecule has 12 atom stereocenters. The van der Waals surface area contributed by atoms with E-state index in [9.17, 15) is 57.4 Å². The molecule has 3 aliphatic heterocycles. The van der Waals surface area contributed by atoms with Crippen LogP contribution in [0.25, 0.3) is 0 Å². The number of allylic oxidation sites excluding steroid dienone is 1. The maximum Gasteiger partial charge on any atom is 0.397 e. The van der Waals surface area contributed by atoms with Crippen LogP contribution in [0.3, 0.4) is 0 Å². The Labute approximate surface area is 340 Å². The van der Waals surface area contributed by atoms with Crippen LogP contribution >= 0.6 is 0 Å². The molecule has 4 unspecified atom stereocenters. The summed E-state index contributed by atoms with van der Waals surface area (Å²) in [5.74, 6) is -3.46. The molecule has 334 valence electrons. The van der Waals surface area contributed by atoms with Crippen molar-refractivity contribution in [2.45, 2.75) is 145 Å². The van der Waals surface area contributed by atoms with E-state index in [-0.39, 0.29) is 0 Å². The number of unbranched alkanes of at least 4 members (excludes halogenated alkanes) is 9. The van der Waals surface area contributed by atoms with Crippen LogP contribution in [-0.4, -0.2) is 165 Å². The zero-order valence-corrected chi connectivity index (χ0v) is 34.0. The average Bonchev–Trinajstić information content (AvgIpc) is 3.58. The molecule has 3 fully saturated rings. The van der Waals surface area contributed by atoms with E-state index < -0.39 is 126 Å². The quantitative estimate of drug-likeness (QED) is 0.0316. The number of amides is 1. The second-order valence-corrected chi connectivity index (χ2v) is 16.0. The Hall–Kier alpha value is -3.62. The first-order valence-electron chi connectivity index (χ1n) is 19.6. The largest absolute Gasteiger partial charge is 0.480 e. The number of H-pyrrole nitrogens is 1. The van der Waals surface area contributed by atoms with Crippen molar-refractivity contribution in [1.29, 1.82) is 0 Å². The number of nitrogens with zero attached hydrogens (tertiary/aromatic N) is 3. The summed E-state index contributed by atoms with van der Waals surface area (Å²) < 4.78 is 61.8. The number of nitrogens with one attached hydrogen (secondary N) is 1. The van der Waals surface area contributed by atoms with Gasteiger partial charge < -0.3 is 50.0 Å². The van der Waals surface area contributed by atoms with E-state index in [2.05, 4.69) is 11.1 Å². The number of rotatable bonds is 21. The number of esters is 1. The molecule has 3 saturated heterocycles. The average molecular weight is 864 g/mol. The maximum atomic E-state index is 14.4. The van der Waals surface area contributed by atoms with Crippen LogP contribution in [-0.2, 0) is 47.9 Å². The van der Waals surface area contributed by atoms with Crippen molar-refractivity contribution in [3.05, 3.63) is 45.3 Å². The van der Waals surface area contributed by atoms with Gasteiger partial charge in [-0.2, -0.15) is 8.42 Å². The number of hydrogen-bond donors (Lipinski definition) is 7. The molecule has 0 spiro atoms. The first kappa shape index (κ1) is 48.1. The third kappa shape index (κ3) is 12.5. The van der Waals surface area contributed by atoms with Crippen LogP contribution < -0.4 is 17.0 Å². The number of aliphatic carboxylic acids is 1. The third-order valence-corrected chi connectivity index (χ3v) is 11.1. The number of likely N-dealkylation sites (N-methyl/N-ethyl adjacent to an activating group) is 2. The number of carbonyl (C=O) groups excluding carboxylic acids is 2. The van der Waals surface area contributed by atoms with E-state index in [0.29, 0.717) is 6.42 Å². The fraction of sp³-hybridized carbons (Fsp3) is 0.750. The van der Waals surface area contributed by atoms with Gasteiger partial charge in [0.05, 0.1) is 0 Å². The SMILES string of the molecule is CCCCCCCCCCC/C=C/C(=O)OC1CN(C)C(C(O[C@@H]2O[C@H](CN)[C@H](O)[C@@H]2OS(=O)(=O)O)[C@H]2O[C@@H](n3ccc(=O)[nH]c3=O)[C@H](O)[C@@H]2O)C(=O)N(C)C1C(=O)O. The normalized spacial score (nSPS) is 31.2. The van der Waals surface area contributed by atoms with E-state index in [4.69, 9.17) is 24.7 Å². The smallest absolute Gasteiger partial charge is 0.397 e. The third-order valence-electron chi connectivity index (χ3n) is 10.6. The zero-order chi connectivity index (χ0) is 43.6. The molecule has 0 aromatic carbocycles. The predicted octanol–water partition coefficient (Wildman–Crippen LogP) is -1.61. The highest BCUT2D eigenvalue weighted by Crippen LogP contribution is 2.37. The van der Waals surface area contributed by atoms with Gasteiger partial charge in [-0.3, -0.25) is 28.6 Å². The van der Waals surface area contributed by atoms with Crippen molar-refractivity contribution in [2.24, 2.45) is 5.73 Å². The molecule has 23 heteroatoms. The number of aliphatic hydroxyl groups is 3. The van der Waals surface area contributed by atoms with Gasteiger partial charge in [-0.25, -0.2) is 18.6 Å². The number of hydrogen-bond acceptors (Lipinski definition) is 17. The molecule has 1 aromatic rings. The Morgan fingerprint density at radius 2 is 1.64 bits per heavy atom. The summed E-state index contributed by atoms with van der Waals surface area (Å²) in [6.45, 7) is 1.28. The number of aliphatic hydroxyl groups excluding tert-OH is 3. The van der Waals surface area contributed by atoms with Crippen LogP contribution in [0.15, 0.2) is 34.0 Å². The number of carbonyl (C=O) groups is 3. The van der Waals surface area contributed by atoms with Crippen LogP contribution in [0.4, 0.5) is 0 Å². The van der Waals surface area contributed by atoms with Gasteiger partial charge in [0.2, 0.25) is 5.91 Å². The summed E-state index contributed by atoms with van der Waals surface area (Å²) in [5, 5.41) is 43.6. The number of carboxylic acid groups (broad SMARTS) is 1. The molecular formula is C36H57N5O17S. The Morgan fingerprint density at radius 1 is 1.00 bits per heavy atom. The lowest BCUT2D eigenvalue weighted by Crippen LogP contribution is -2.60. The molecule has 22 nitrogen and oxygen atoms in total. The minimum atomic E-state index is -5.30. The summed E-state index contributed by atoms with van der Waals surface area (Å²) in [7, 11) is -2.87. The second-order valence-electron chi connectivity index (χ2n) is 15.0. The van der Waals surface area contributed by atoms with Gasteiger partial charge in [-0.05, 0) is 19.9 Å². The minimum Gasteiger partial charge on any atom is -0.480 e. The monoisotopic (exact) mass is 863 g/mol. The fourth-order valence-corrected chi connectivity index (χ4v) is 8.08. The van der Waals surface area contributed by atoms with Crippen molar-refractivity contribution in [1.82, 2.24) is 19.4 Å². The topological polar surface area (TPSA) is 320 Å². The zero-order valence-electron chi connectivity index (χ0n) is 33.2. The van der Waals surface area contributed by atoms with Crippen molar-refractivity contribution in [2.75, 3.05) is 27.2 Å². The molecule has 0 saturated carbocycles. The highest BCUT2D eigenvalue weighted by Gasteiger charge is 2.57. The predicted molar refractivity (Wildman–Crippen MR) is 204 cm³/mol. The van der Waals surface area contributed by atoms with Gasteiger partial charge in [0, 0.05) is 38.5 Å². The van der Waals surface area contributed by atoms with Gasteiger partial charge in [-0.1, -0.05) is 64.4 Å². The molecule has 3 aliphatic rings. The summed E-state index contributed by atoms with van der Waals surface area (Å²) in [5.41, 5.74) is 3.84. The molecule has 0 bridgehead atoms. The van der Waals surface area contributed by atoms with Gasteiger partial charge in [0.25, 0.3) is 5.56 Å². The highest BCUT2D eigenvalue weighted by atomic mass is 32.3. The lowest BCUT2D eigenvalue weighted by Gasteiger charge is -2.38. The lowest BCUT2D eigenvalue weighted by molar-refractivity contribution is -0.230. The fourth-order valence-electron chi connectivity index (χ4n) is 7.59. The van der Waals surface area contributed by atoms with E-state index in [1.54, 1.807) is 6.08 Å². The van der Waals surface area contributed by atoms with Gasteiger partial charge in [0.15, 0.2) is 24.7 Å². The lowest BCUT2D eigenvalue weighted by atomic mass is 9.97. The van der Waals surface area contributed by atoms with Crippen molar-refractivity contribution in [3.63, 3.8) is 0 Å². The second kappa shape index (κ2) is 21.8. The van der Waals surface area contributed by atoms with Crippen LogP contribution in [0.5, 0.6) is 0 Å². The van der Waals surface area contributed by atoms with E-state index in [1.165, 1.54) is 50.1 Å². The van der Waals surface area contributed by atoms with Gasteiger partial charge >= 0.3 is 28.0 Å². The van der Waals surface area contributed by atoms with Crippen molar-refractivity contribution in [3.8, 4) is 0 Å². The summed E-state index contributed by atoms with van der Waals surface area (Å²) in [4.78, 5) is 68.5. The van der Waals surface area contributed by atoms with E-state index >= 15 is 0 Å². The molecule has 8 N–H and O–H groups in total. The molecule has 4 rings (SSSR count). The Balaban J connectivity index is 1.61. The maximum absolute atomic E-state index is 14.4. The van der Waals surface area contributed by atoms with Crippen molar-refractivity contribution < 1.29 is 70.9 Å². The molecular weight excluding hydrogens is 806 g/mol. The number of nitrogens with two attached hydrogens (primary N) is 1. The Kier molecular flexibility index (Phi) is 17.7. The summed E-state index contributed by atoms with van der Waals surface area (Å²) in [6, 6.07) is -2.59. The van der Waals surface area contributed by atoms with E-state index in [0.717, 1.165) is 54.5 Å². The standard InChI is InChI=1S/C36H57N5O17S/c1-4-5-6-7-8-9-10-11-12-13-14-15-23(43)54-21-19-39(2)25(32(47)40(3)24(21)34(48)49)29(57-35-31(58-59(51,52)53)26(44)20(18-37)55-35)30-27(45)28(46)33(56-30)41-17-16-22(42)38-36(41)50/h14-17,20-21,24-31,33,35,44-46H,4-13,18-19,37H2,1-3H3,(H,48,49)(H,38,42,50)(H,51,52,53)/b15-14+/t20-,21?,24?,25?,26+,27+,28-,29?,30+,31+,33-,35+/m1/s1. The summed E-state index contributed by atoms with van der Waals surface area (Å²) in [6.07, 6.45) is -3.84. The number of aromatic nitrogens is 2. The first-order chi connectivity index (χ1) is 27.9. The highest BCUT2D eigenvalue weighted by molar-refractivity contribution is 7.80. The molecule has 0 aliphatic carbocycles. The Morgan fingerprint density at radius 3 is 2.24 bits per heavy atom. The molecule has 0 radical (unpaired) electrons. The van der Waals surface area contributed by atoms with Crippen LogP contribution in [0, 0.1) is 0 Å². The van der Waals surface area contributed by atoms with Crippen molar-refractivity contribution >= 4 is 28.2 Å². The molecule has 4 heterocycles. The number of ether oxygens (including phenoxy) is 4. The van der Waals surface area contributed by atoms with Gasteiger partial charge in [-0.15, -0.1) is 0 Å². The summed E-state index contributed by atoms with van der Waals surface area (Å²) >= 11 is 0. The van der Waals surface area contributed by atoms with Crippen LogP contribution in [0.2, 0.25) is 0 Å². The number of aromatic amines is 1. The number of carboxylic acids is 1. The molecule has 1 aromatic heterocycles. The molecule has 59 heavy (non-hydrogen) atoms. The van der Waals surface area contributed by atoms with Gasteiger partial charge in [0.1, 0.15) is 48.8 Å². The molecule has 1 amide bonds. The Bertz CT molecular complexity index is 1830. The minimum absolute atomic E-state index is 0.429. The first-order valence-corrected chi connectivity index (χ1v) is 21.0. The van der Waals surface area contributed by atoms with Crippen LogP contribution in [0.1, 0.15) is 77.4 Å².